The first kappa shape index (κ1) is 26.6. The molecule has 2 aromatic carbocycles. The lowest BCUT2D eigenvalue weighted by Crippen LogP contribution is -2.34. The van der Waals surface area contributed by atoms with Gasteiger partial charge in [-0.2, -0.15) is 0 Å². The van der Waals surface area contributed by atoms with Crippen LogP contribution in [-0.4, -0.2) is 45.6 Å². The molecule has 1 aliphatic heterocycles. The van der Waals surface area contributed by atoms with Crippen LogP contribution in [-0.2, 0) is 9.53 Å². The molecular formula is C30H28N6O4. The summed E-state index contributed by atoms with van der Waals surface area (Å²) in [5.41, 5.74) is 7.30. The number of nitrogen functional groups attached to an aromatic ring is 1. The minimum atomic E-state index is -0.589. The lowest BCUT2D eigenvalue weighted by Gasteiger charge is -2.21. The van der Waals surface area contributed by atoms with Crippen LogP contribution in [0.1, 0.15) is 47.6 Å². The van der Waals surface area contributed by atoms with Gasteiger partial charge in [-0.1, -0.05) is 42.2 Å². The van der Waals surface area contributed by atoms with Gasteiger partial charge in [0.05, 0.1) is 18.0 Å². The number of nitrogens with two attached hydrogens (primary N) is 1. The molecule has 1 saturated heterocycles. The zero-order valence-corrected chi connectivity index (χ0v) is 21.9. The maximum absolute atomic E-state index is 14.1. The third-order valence-corrected chi connectivity index (χ3v) is 6.62. The van der Waals surface area contributed by atoms with Crippen LogP contribution in [0.2, 0.25) is 0 Å². The molecule has 4 aromatic rings. The van der Waals surface area contributed by atoms with Gasteiger partial charge in [-0.3, -0.25) is 19.0 Å². The molecule has 0 spiro atoms. The van der Waals surface area contributed by atoms with E-state index in [0.717, 1.165) is 6.42 Å². The summed E-state index contributed by atoms with van der Waals surface area (Å²) < 4.78 is 6.97. The Morgan fingerprint density at radius 1 is 1.15 bits per heavy atom. The fourth-order valence-electron chi connectivity index (χ4n) is 4.68. The van der Waals surface area contributed by atoms with Crippen LogP contribution >= 0.6 is 0 Å². The van der Waals surface area contributed by atoms with Crippen LogP contribution in [0.5, 0.6) is 0 Å². The van der Waals surface area contributed by atoms with Gasteiger partial charge in [-0.05, 0) is 49.4 Å². The highest BCUT2D eigenvalue weighted by Crippen LogP contribution is 2.23. The monoisotopic (exact) mass is 536 g/mol. The molecule has 1 unspecified atom stereocenters. The van der Waals surface area contributed by atoms with Crippen molar-refractivity contribution in [2.45, 2.75) is 31.9 Å². The number of carbonyl (C=O) groups excluding carboxylic acids is 2. The first-order valence-electron chi connectivity index (χ1n) is 12.9. The molecule has 2 atom stereocenters. The third-order valence-electron chi connectivity index (χ3n) is 6.62. The number of hydrogen-bond donors (Lipinski definition) is 3. The smallest absolute Gasteiger partial charge is 0.274 e. The summed E-state index contributed by atoms with van der Waals surface area (Å²) in [5.74, 6) is 5.33. The molecule has 1 aliphatic rings. The van der Waals surface area contributed by atoms with E-state index in [2.05, 4.69) is 32.4 Å². The van der Waals surface area contributed by atoms with Crippen LogP contribution in [0.3, 0.4) is 0 Å². The van der Waals surface area contributed by atoms with Gasteiger partial charge in [0.15, 0.2) is 11.5 Å². The maximum Gasteiger partial charge on any atom is 0.274 e. The van der Waals surface area contributed by atoms with Gasteiger partial charge in [-0.25, -0.2) is 9.97 Å². The quantitative estimate of drug-likeness (QED) is 0.322. The number of ether oxygens (including phenoxy) is 1. The number of nitrogens with one attached hydrogen (secondary N) is 2. The molecule has 202 valence electrons. The minimum Gasteiger partial charge on any atom is -0.382 e. The van der Waals surface area contributed by atoms with E-state index in [9.17, 15) is 14.4 Å². The fraction of sp³-hybridized carbons (Fsp3) is 0.233. The van der Waals surface area contributed by atoms with Gasteiger partial charge < -0.3 is 21.1 Å². The van der Waals surface area contributed by atoms with E-state index in [1.165, 1.54) is 12.4 Å². The second-order valence-corrected chi connectivity index (χ2v) is 9.32. The summed E-state index contributed by atoms with van der Waals surface area (Å²) in [6, 6.07) is 15.9. The Balaban J connectivity index is 1.51. The van der Waals surface area contributed by atoms with Gasteiger partial charge in [0.1, 0.15) is 6.10 Å². The lowest BCUT2D eigenvalue weighted by atomic mass is 10.0. The molecule has 0 aliphatic carbocycles. The van der Waals surface area contributed by atoms with Gasteiger partial charge in [0.25, 0.3) is 11.5 Å². The second-order valence-electron chi connectivity index (χ2n) is 9.32. The van der Waals surface area contributed by atoms with Crippen molar-refractivity contribution in [3.8, 4) is 17.5 Å². The van der Waals surface area contributed by atoms with Crippen molar-refractivity contribution in [2.75, 3.05) is 18.9 Å². The largest absolute Gasteiger partial charge is 0.382 e. The molecule has 2 aromatic heterocycles. The molecule has 1 fully saturated rings. The predicted octanol–water partition coefficient (Wildman–Crippen LogP) is 2.50. The topological polar surface area (TPSA) is 141 Å². The first-order chi connectivity index (χ1) is 19.4. The van der Waals surface area contributed by atoms with E-state index in [4.69, 9.17) is 10.5 Å². The summed E-state index contributed by atoms with van der Waals surface area (Å²) in [7, 11) is 0. The van der Waals surface area contributed by atoms with Crippen LogP contribution < -0.4 is 21.9 Å². The van der Waals surface area contributed by atoms with E-state index in [1.807, 2.05) is 48.5 Å². The molecule has 40 heavy (non-hydrogen) atoms. The SMILES string of the molecule is CC(NC(=O)c1nccnc1N)c1cc2cccc(C#CCNC(=O)[C@H]3CCCO3)c2c(=O)n1-c1ccccc1. The second kappa shape index (κ2) is 11.8. The Morgan fingerprint density at radius 2 is 1.95 bits per heavy atom. The summed E-state index contributed by atoms with van der Waals surface area (Å²) in [6.07, 6.45) is 3.94. The Hall–Kier alpha value is -5.01. The number of hydrogen-bond acceptors (Lipinski definition) is 7. The van der Waals surface area contributed by atoms with Gasteiger partial charge >= 0.3 is 0 Å². The normalized spacial score (nSPS) is 15.2. The zero-order valence-electron chi connectivity index (χ0n) is 21.9. The standard InChI is InChI=1S/C30H28N6O4/c1-19(35-29(38)26-27(31)33-16-15-32-26)23-18-21-9-5-8-20(10-6-14-34-28(37)24-13-7-17-40-24)25(21)30(39)36(23)22-11-3-2-4-12-22/h2-5,8-9,11-12,15-16,18-19,24H,7,13-14,17H2,1H3,(H2,31,33)(H,34,37)(H,35,38)/t19?,24-/m1/s1. The zero-order chi connectivity index (χ0) is 28.1. The Morgan fingerprint density at radius 3 is 2.70 bits per heavy atom. The number of rotatable bonds is 6. The highest BCUT2D eigenvalue weighted by Gasteiger charge is 2.23. The average molecular weight is 537 g/mol. The molecule has 5 rings (SSSR count). The number of nitrogens with zero attached hydrogens (tertiary/aromatic N) is 3. The van der Waals surface area contributed by atoms with Crippen molar-refractivity contribution >= 4 is 28.4 Å². The number of fused-ring (bicyclic) bond motifs is 1. The van der Waals surface area contributed by atoms with Gasteiger partial charge in [-0.15, -0.1) is 0 Å². The fourth-order valence-corrected chi connectivity index (χ4v) is 4.68. The van der Waals surface area contributed by atoms with E-state index in [0.29, 0.717) is 40.7 Å². The molecule has 0 bridgehead atoms. The van der Waals surface area contributed by atoms with Crippen LogP contribution in [0, 0.1) is 11.8 Å². The summed E-state index contributed by atoms with van der Waals surface area (Å²) >= 11 is 0. The van der Waals surface area contributed by atoms with Crippen molar-refractivity contribution in [3.05, 3.63) is 94.3 Å². The van der Waals surface area contributed by atoms with E-state index in [-0.39, 0.29) is 29.5 Å². The molecule has 0 radical (unpaired) electrons. The minimum absolute atomic E-state index is 0.00731. The Kier molecular flexibility index (Phi) is 7.84. The number of benzene rings is 2. The average Bonchev–Trinajstić information content (AvgIpc) is 3.51. The molecule has 0 saturated carbocycles. The Bertz CT molecular complexity index is 1680. The lowest BCUT2D eigenvalue weighted by molar-refractivity contribution is -0.129. The highest BCUT2D eigenvalue weighted by atomic mass is 16.5. The number of amides is 2. The van der Waals surface area contributed by atoms with E-state index >= 15 is 0 Å². The van der Waals surface area contributed by atoms with Crippen molar-refractivity contribution in [1.82, 2.24) is 25.2 Å². The molecular weight excluding hydrogens is 508 g/mol. The summed E-state index contributed by atoms with van der Waals surface area (Å²) in [6.45, 7) is 2.51. The summed E-state index contributed by atoms with van der Waals surface area (Å²) in [4.78, 5) is 47.2. The van der Waals surface area contributed by atoms with Crippen molar-refractivity contribution in [3.63, 3.8) is 0 Å². The number of pyridine rings is 1. The number of anilines is 1. The van der Waals surface area contributed by atoms with Gasteiger partial charge in [0.2, 0.25) is 5.91 Å². The highest BCUT2D eigenvalue weighted by molar-refractivity contribution is 5.96. The number of carbonyl (C=O) groups is 2. The molecule has 3 heterocycles. The first-order valence-corrected chi connectivity index (χ1v) is 12.9. The van der Waals surface area contributed by atoms with Crippen molar-refractivity contribution in [2.24, 2.45) is 0 Å². The molecule has 10 nitrogen and oxygen atoms in total. The Labute approximate surface area is 230 Å². The van der Waals surface area contributed by atoms with Crippen LogP contribution in [0.25, 0.3) is 16.5 Å². The summed E-state index contributed by atoms with van der Waals surface area (Å²) in [5, 5.41) is 6.76. The predicted molar refractivity (Wildman–Crippen MR) is 151 cm³/mol. The number of para-hydroxylation sites is 1. The maximum atomic E-state index is 14.1. The molecule has 4 N–H and O–H groups in total. The van der Waals surface area contributed by atoms with Crippen molar-refractivity contribution in [1.29, 1.82) is 0 Å². The molecule has 10 heteroatoms. The van der Waals surface area contributed by atoms with Gasteiger partial charge in [0, 0.05) is 35.9 Å². The third kappa shape index (κ3) is 5.55. The van der Waals surface area contributed by atoms with Crippen molar-refractivity contribution < 1.29 is 14.3 Å². The number of aromatic nitrogens is 3. The van der Waals surface area contributed by atoms with E-state index in [1.54, 1.807) is 17.6 Å². The van der Waals surface area contributed by atoms with E-state index < -0.39 is 18.1 Å². The molecule has 2 amide bonds. The van der Waals surface area contributed by atoms with Crippen LogP contribution in [0.4, 0.5) is 5.82 Å². The van der Waals surface area contributed by atoms with Crippen LogP contribution in [0.15, 0.2) is 71.8 Å².